The summed E-state index contributed by atoms with van der Waals surface area (Å²) in [5, 5.41) is 12.0. The van der Waals surface area contributed by atoms with Crippen LogP contribution < -0.4 is 16.0 Å². The average Bonchev–Trinajstić information content (AvgIpc) is 2.80. The molecule has 0 radical (unpaired) electrons. The third-order valence-corrected chi connectivity index (χ3v) is 5.58. The Morgan fingerprint density at radius 2 is 2.09 bits per heavy atom. The lowest BCUT2D eigenvalue weighted by atomic mass is 10.0. The van der Waals surface area contributed by atoms with Gasteiger partial charge in [-0.2, -0.15) is 5.26 Å². The number of pyridine rings is 2. The Labute approximate surface area is 189 Å². The van der Waals surface area contributed by atoms with Gasteiger partial charge in [-0.25, -0.2) is 13.8 Å². The summed E-state index contributed by atoms with van der Waals surface area (Å²) in [7, 11) is 0. The number of halogens is 2. The number of piperidine rings is 1. The maximum Gasteiger partial charge on any atom is 0.252 e. The number of amides is 1. The van der Waals surface area contributed by atoms with Crippen LogP contribution in [0.15, 0.2) is 54.9 Å². The number of nitriles is 1. The van der Waals surface area contributed by atoms with Crippen LogP contribution in [-0.4, -0.2) is 41.2 Å². The standard InChI is InChI=1S/C24H22F2N6O/c25-17-3-1-2-15(8-17)9-18-10-22(19(13-29-18)24(28)33)31-21-6-7-32(14-20(21)26)23-5-4-16(11-27)12-30-23/h1-5,8,10,12-13,20-21H,6-7,9,14H2,(H2,28,33)(H,29,31)/t20-,21+/m0/s1. The summed E-state index contributed by atoms with van der Waals surface area (Å²) in [6.45, 7) is 0.661. The molecule has 1 aliphatic heterocycles. The first-order chi connectivity index (χ1) is 15.9. The second-order valence-electron chi connectivity index (χ2n) is 7.91. The maximum absolute atomic E-state index is 15.1. The Kier molecular flexibility index (Phi) is 6.45. The van der Waals surface area contributed by atoms with E-state index in [9.17, 15) is 9.18 Å². The molecule has 1 saturated heterocycles. The molecule has 0 bridgehead atoms. The molecule has 9 heteroatoms. The van der Waals surface area contributed by atoms with E-state index < -0.39 is 18.1 Å². The van der Waals surface area contributed by atoms with Crippen molar-refractivity contribution in [3.8, 4) is 6.07 Å². The number of nitrogens with two attached hydrogens (primary N) is 1. The summed E-state index contributed by atoms with van der Waals surface area (Å²) in [6.07, 6.45) is 2.40. The fourth-order valence-corrected chi connectivity index (χ4v) is 3.88. The van der Waals surface area contributed by atoms with E-state index in [4.69, 9.17) is 11.0 Å². The summed E-state index contributed by atoms with van der Waals surface area (Å²) in [6, 6.07) is 12.7. The number of nitrogens with zero attached hydrogens (tertiary/aromatic N) is 4. The highest BCUT2D eigenvalue weighted by Crippen LogP contribution is 2.25. The first-order valence-corrected chi connectivity index (χ1v) is 10.5. The quantitative estimate of drug-likeness (QED) is 0.600. The van der Waals surface area contributed by atoms with Crippen molar-refractivity contribution < 1.29 is 13.6 Å². The molecular formula is C24H22F2N6O. The minimum Gasteiger partial charge on any atom is -0.378 e. The normalized spacial score (nSPS) is 17.9. The molecule has 3 N–H and O–H groups in total. The number of rotatable bonds is 6. The zero-order valence-corrected chi connectivity index (χ0v) is 17.7. The van der Waals surface area contributed by atoms with Crippen molar-refractivity contribution in [2.75, 3.05) is 23.3 Å². The third-order valence-electron chi connectivity index (χ3n) is 5.58. The van der Waals surface area contributed by atoms with Crippen LogP contribution in [0.25, 0.3) is 0 Å². The third kappa shape index (κ3) is 5.23. The van der Waals surface area contributed by atoms with Gasteiger partial charge in [0.2, 0.25) is 0 Å². The predicted molar refractivity (Wildman–Crippen MR) is 120 cm³/mol. The Morgan fingerprint density at radius 1 is 1.24 bits per heavy atom. The van der Waals surface area contributed by atoms with E-state index in [2.05, 4.69) is 15.3 Å². The van der Waals surface area contributed by atoms with Crippen molar-refractivity contribution in [3.63, 3.8) is 0 Å². The molecule has 3 aromatic rings. The molecule has 168 valence electrons. The molecule has 1 aromatic carbocycles. The molecule has 0 unspecified atom stereocenters. The van der Waals surface area contributed by atoms with Gasteiger partial charge in [0.15, 0.2) is 0 Å². The SMILES string of the molecule is N#Cc1ccc(N2CC[C@@H](Nc3cc(Cc4cccc(F)c4)ncc3C(N)=O)[C@@H](F)C2)nc1. The highest BCUT2D eigenvalue weighted by atomic mass is 19.1. The van der Waals surface area contributed by atoms with E-state index in [0.29, 0.717) is 42.1 Å². The highest BCUT2D eigenvalue weighted by molar-refractivity contribution is 5.98. The molecule has 4 rings (SSSR count). The van der Waals surface area contributed by atoms with Crippen LogP contribution in [-0.2, 0) is 6.42 Å². The molecule has 2 aromatic heterocycles. The largest absolute Gasteiger partial charge is 0.378 e. The fraction of sp³-hybridized carbons (Fsp3) is 0.250. The van der Waals surface area contributed by atoms with Gasteiger partial charge in [-0.1, -0.05) is 12.1 Å². The highest BCUT2D eigenvalue weighted by Gasteiger charge is 2.30. The maximum atomic E-state index is 15.1. The van der Waals surface area contributed by atoms with Gasteiger partial charge < -0.3 is 16.0 Å². The topological polar surface area (TPSA) is 108 Å². The summed E-state index contributed by atoms with van der Waals surface area (Å²) in [5.74, 6) is -0.408. The molecule has 0 spiro atoms. The smallest absolute Gasteiger partial charge is 0.252 e. The lowest BCUT2D eigenvalue weighted by Crippen LogP contribution is -2.48. The van der Waals surface area contributed by atoms with Crippen LogP contribution in [0.4, 0.5) is 20.3 Å². The van der Waals surface area contributed by atoms with Crippen molar-refractivity contribution in [2.24, 2.45) is 5.73 Å². The molecular weight excluding hydrogens is 426 g/mol. The Balaban J connectivity index is 1.49. The number of anilines is 2. The van der Waals surface area contributed by atoms with Crippen LogP contribution >= 0.6 is 0 Å². The number of benzene rings is 1. The molecule has 7 nitrogen and oxygen atoms in total. The summed E-state index contributed by atoms with van der Waals surface area (Å²) in [5.41, 5.74) is 7.84. The lowest BCUT2D eigenvalue weighted by molar-refractivity contribution is 0.100. The van der Waals surface area contributed by atoms with E-state index in [1.54, 1.807) is 30.3 Å². The number of carbonyl (C=O) groups is 1. The predicted octanol–water partition coefficient (Wildman–Crippen LogP) is 3.21. The van der Waals surface area contributed by atoms with Crippen molar-refractivity contribution in [1.29, 1.82) is 5.26 Å². The summed E-state index contributed by atoms with van der Waals surface area (Å²) < 4.78 is 28.6. The van der Waals surface area contributed by atoms with E-state index in [-0.39, 0.29) is 17.9 Å². The first-order valence-electron chi connectivity index (χ1n) is 10.5. The molecule has 2 atom stereocenters. The lowest BCUT2D eigenvalue weighted by Gasteiger charge is -2.36. The van der Waals surface area contributed by atoms with Crippen molar-refractivity contribution in [3.05, 3.63) is 83.1 Å². The molecule has 0 aliphatic carbocycles. The van der Waals surface area contributed by atoms with Gasteiger partial charge in [0, 0.05) is 31.1 Å². The van der Waals surface area contributed by atoms with Gasteiger partial charge in [-0.15, -0.1) is 0 Å². The van der Waals surface area contributed by atoms with Gasteiger partial charge in [0.1, 0.15) is 23.9 Å². The van der Waals surface area contributed by atoms with Gasteiger partial charge in [-0.05, 0) is 42.3 Å². The molecule has 1 aliphatic rings. The van der Waals surface area contributed by atoms with Gasteiger partial charge in [0.25, 0.3) is 5.91 Å². The second kappa shape index (κ2) is 9.61. The van der Waals surface area contributed by atoms with Crippen LogP contribution in [0.2, 0.25) is 0 Å². The Bertz CT molecular complexity index is 1190. The van der Waals surface area contributed by atoms with Crippen molar-refractivity contribution in [2.45, 2.75) is 25.1 Å². The Morgan fingerprint density at radius 3 is 2.76 bits per heavy atom. The monoisotopic (exact) mass is 448 g/mol. The molecule has 33 heavy (non-hydrogen) atoms. The van der Waals surface area contributed by atoms with Crippen molar-refractivity contribution in [1.82, 2.24) is 9.97 Å². The van der Waals surface area contributed by atoms with E-state index in [1.165, 1.54) is 24.5 Å². The fourth-order valence-electron chi connectivity index (χ4n) is 3.88. The van der Waals surface area contributed by atoms with Gasteiger partial charge in [-0.3, -0.25) is 9.78 Å². The van der Waals surface area contributed by atoms with E-state index in [0.717, 1.165) is 5.56 Å². The summed E-state index contributed by atoms with van der Waals surface area (Å²) >= 11 is 0. The number of hydrogen-bond donors (Lipinski definition) is 2. The van der Waals surface area contributed by atoms with Crippen LogP contribution in [0, 0.1) is 17.1 Å². The van der Waals surface area contributed by atoms with Crippen LogP contribution in [0.5, 0.6) is 0 Å². The molecule has 0 saturated carbocycles. The Hall–Kier alpha value is -4.06. The first kappa shape index (κ1) is 22.1. The molecule has 3 heterocycles. The second-order valence-corrected chi connectivity index (χ2v) is 7.91. The zero-order valence-electron chi connectivity index (χ0n) is 17.7. The number of alkyl halides is 1. The number of hydrogen-bond acceptors (Lipinski definition) is 6. The number of primary amides is 1. The zero-order chi connectivity index (χ0) is 23.4. The number of carbonyl (C=O) groups excluding carboxylic acids is 1. The number of nitrogens with one attached hydrogen (secondary N) is 1. The van der Waals surface area contributed by atoms with E-state index >= 15 is 4.39 Å². The van der Waals surface area contributed by atoms with Crippen molar-refractivity contribution >= 4 is 17.4 Å². The summed E-state index contributed by atoms with van der Waals surface area (Å²) in [4.78, 5) is 22.2. The minimum atomic E-state index is -1.24. The molecule has 1 fully saturated rings. The van der Waals surface area contributed by atoms with Crippen LogP contribution in [0.3, 0.4) is 0 Å². The average molecular weight is 448 g/mol. The van der Waals surface area contributed by atoms with Crippen LogP contribution in [0.1, 0.15) is 33.6 Å². The van der Waals surface area contributed by atoms with Gasteiger partial charge in [0.05, 0.1) is 29.4 Å². The molecule has 1 amide bonds. The number of aromatic nitrogens is 2. The minimum absolute atomic E-state index is 0.115. The van der Waals surface area contributed by atoms with E-state index in [1.807, 2.05) is 11.0 Å². The van der Waals surface area contributed by atoms with Gasteiger partial charge >= 0.3 is 0 Å².